The Hall–Kier alpha value is -1.68. The van der Waals surface area contributed by atoms with Gasteiger partial charge >= 0.3 is 0 Å². The van der Waals surface area contributed by atoms with Gasteiger partial charge in [-0.15, -0.1) is 0 Å². The Morgan fingerprint density at radius 1 is 1.19 bits per heavy atom. The maximum atomic E-state index is 13.1. The number of ether oxygens (including phenoxy) is 2. The SMILES string of the molecule is COc1ccc(S(=O)(=O)N2CCOCC2)cc1C(=O)N1C[C@H]2CNC[C@H]2C1. The standard InChI is InChI=1S/C18H25N3O5S/c1-25-17-3-2-15(27(23,24)21-4-6-26-7-5-21)8-16(17)18(22)20-11-13-9-19-10-14(13)12-20/h2-3,8,13-14,19H,4-7,9-12H2,1H3/t13-,14+. The van der Waals surface area contributed by atoms with Crippen LogP contribution < -0.4 is 10.1 Å². The number of hydrogen-bond donors (Lipinski definition) is 1. The highest BCUT2D eigenvalue weighted by Gasteiger charge is 2.39. The van der Waals surface area contributed by atoms with Crippen LogP contribution in [-0.4, -0.2) is 83.1 Å². The predicted octanol–water partition coefficient (Wildman–Crippen LogP) is 0.00750. The second kappa shape index (κ2) is 7.38. The minimum atomic E-state index is -3.66. The fraction of sp³-hybridized carbons (Fsp3) is 0.611. The number of fused-ring (bicyclic) bond motifs is 1. The Morgan fingerprint density at radius 3 is 2.48 bits per heavy atom. The highest BCUT2D eigenvalue weighted by molar-refractivity contribution is 7.89. The fourth-order valence-electron chi connectivity index (χ4n) is 4.14. The topological polar surface area (TPSA) is 88.2 Å². The molecule has 0 aromatic heterocycles. The summed E-state index contributed by atoms with van der Waals surface area (Å²) in [4.78, 5) is 15.0. The van der Waals surface area contributed by atoms with E-state index in [1.165, 1.54) is 23.5 Å². The van der Waals surface area contributed by atoms with Gasteiger partial charge in [0, 0.05) is 39.3 Å². The quantitative estimate of drug-likeness (QED) is 0.773. The third-order valence-corrected chi connectivity index (χ3v) is 7.58. The zero-order valence-electron chi connectivity index (χ0n) is 15.4. The summed E-state index contributed by atoms with van der Waals surface area (Å²) in [6, 6.07) is 4.53. The molecular formula is C18H25N3O5S. The van der Waals surface area contributed by atoms with Gasteiger partial charge in [-0.25, -0.2) is 8.42 Å². The van der Waals surface area contributed by atoms with Crippen LogP contribution in [-0.2, 0) is 14.8 Å². The number of carbonyl (C=O) groups is 1. The molecule has 1 aromatic carbocycles. The molecule has 0 spiro atoms. The molecule has 1 N–H and O–H groups in total. The molecule has 2 atom stereocenters. The summed E-state index contributed by atoms with van der Waals surface area (Å²) >= 11 is 0. The number of rotatable bonds is 4. The Labute approximate surface area is 159 Å². The van der Waals surface area contributed by atoms with Gasteiger partial charge in [-0.3, -0.25) is 4.79 Å². The second-order valence-electron chi connectivity index (χ2n) is 7.27. The first kappa shape index (κ1) is 18.7. The van der Waals surface area contributed by atoms with E-state index in [9.17, 15) is 13.2 Å². The molecule has 0 saturated carbocycles. The zero-order valence-corrected chi connectivity index (χ0v) is 16.2. The van der Waals surface area contributed by atoms with E-state index in [0.717, 1.165) is 13.1 Å². The van der Waals surface area contributed by atoms with Crippen molar-refractivity contribution in [3.8, 4) is 5.75 Å². The van der Waals surface area contributed by atoms with E-state index in [1.54, 1.807) is 6.07 Å². The van der Waals surface area contributed by atoms with Crippen LogP contribution in [0.15, 0.2) is 23.1 Å². The molecule has 0 unspecified atom stereocenters. The van der Waals surface area contributed by atoms with Crippen LogP contribution in [0.2, 0.25) is 0 Å². The largest absolute Gasteiger partial charge is 0.496 e. The van der Waals surface area contributed by atoms with Crippen LogP contribution in [0, 0.1) is 11.8 Å². The van der Waals surface area contributed by atoms with Crippen LogP contribution >= 0.6 is 0 Å². The van der Waals surface area contributed by atoms with Gasteiger partial charge in [0.25, 0.3) is 5.91 Å². The van der Waals surface area contributed by atoms with E-state index >= 15 is 0 Å². The summed E-state index contributed by atoms with van der Waals surface area (Å²) < 4.78 is 37.9. The Kier molecular flexibility index (Phi) is 5.11. The molecule has 3 aliphatic rings. The summed E-state index contributed by atoms with van der Waals surface area (Å²) in [5, 5.41) is 3.35. The number of sulfonamides is 1. The van der Waals surface area contributed by atoms with E-state index in [-0.39, 0.29) is 10.8 Å². The molecule has 3 fully saturated rings. The summed E-state index contributed by atoms with van der Waals surface area (Å²) in [6.07, 6.45) is 0. The van der Waals surface area contributed by atoms with Gasteiger partial charge in [0.05, 0.1) is 30.8 Å². The number of nitrogens with zero attached hydrogens (tertiary/aromatic N) is 2. The van der Waals surface area contributed by atoms with Gasteiger partial charge in [-0.05, 0) is 30.0 Å². The molecule has 27 heavy (non-hydrogen) atoms. The smallest absolute Gasteiger partial charge is 0.257 e. The summed E-state index contributed by atoms with van der Waals surface area (Å²) in [5.41, 5.74) is 0.305. The van der Waals surface area contributed by atoms with Gasteiger partial charge in [0.1, 0.15) is 5.75 Å². The number of benzene rings is 1. The lowest BCUT2D eigenvalue weighted by atomic mass is 10.0. The van der Waals surface area contributed by atoms with Gasteiger partial charge in [-0.2, -0.15) is 4.31 Å². The number of methoxy groups -OCH3 is 1. The molecule has 0 radical (unpaired) electrons. The molecule has 3 saturated heterocycles. The van der Waals surface area contributed by atoms with Crippen molar-refractivity contribution in [2.75, 3.05) is 59.6 Å². The second-order valence-corrected chi connectivity index (χ2v) is 9.21. The summed E-state index contributed by atoms with van der Waals surface area (Å²) in [7, 11) is -2.17. The maximum absolute atomic E-state index is 13.1. The fourth-order valence-corrected chi connectivity index (χ4v) is 5.58. The lowest BCUT2D eigenvalue weighted by molar-refractivity contribution is 0.0730. The molecule has 4 rings (SSSR count). The van der Waals surface area contributed by atoms with Crippen molar-refractivity contribution >= 4 is 15.9 Å². The van der Waals surface area contributed by atoms with Crippen LogP contribution in [0.25, 0.3) is 0 Å². The predicted molar refractivity (Wildman–Crippen MR) is 98.3 cm³/mol. The van der Waals surface area contributed by atoms with Crippen molar-refractivity contribution < 1.29 is 22.7 Å². The molecule has 3 aliphatic heterocycles. The minimum Gasteiger partial charge on any atom is -0.496 e. The van der Waals surface area contributed by atoms with Gasteiger partial charge in [0.2, 0.25) is 10.0 Å². The number of hydrogen-bond acceptors (Lipinski definition) is 6. The lowest BCUT2D eigenvalue weighted by Gasteiger charge is -2.26. The molecule has 0 bridgehead atoms. The zero-order chi connectivity index (χ0) is 19.0. The maximum Gasteiger partial charge on any atom is 0.257 e. The van der Waals surface area contributed by atoms with Crippen molar-refractivity contribution in [3.63, 3.8) is 0 Å². The van der Waals surface area contributed by atoms with Crippen LogP contribution in [0.1, 0.15) is 10.4 Å². The molecule has 9 heteroatoms. The highest BCUT2D eigenvalue weighted by Crippen LogP contribution is 2.31. The average molecular weight is 395 g/mol. The Morgan fingerprint density at radius 2 is 1.85 bits per heavy atom. The van der Waals surface area contributed by atoms with Crippen molar-refractivity contribution in [1.29, 1.82) is 0 Å². The molecule has 1 amide bonds. The minimum absolute atomic E-state index is 0.120. The summed E-state index contributed by atoms with van der Waals surface area (Å²) in [6.45, 7) is 4.64. The van der Waals surface area contributed by atoms with Crippen molar-refractivity contribution in [2.24, 2.45) is 11.8 Å². The number of carbonyl (C=O) groups excluding carboxylic acids is 1. The average Bonchev–Trinajstić information content (AvgIpc) is 3.30. The molecule has 0 aliphatic carbocycles. The number of nitrogens with one attached hydrogen (secondary N) is 1. The first-order valence-electron chi connectivity index (χ1n) is 9.26. The third kappa shape index (κ3) is 3.44. The first-order chi connectivity index (χ1) is 13.0. The first-order valence-corrected chi connectivity index (χ1v) is 10.7. The normalized spacial score (nSPS) is 26.2. The molecule has 148 valence electrons. The molecule has 8 nitrogen and oxygen atoms in total. The molecule has 3 heterocycles. The monoisotopic (exact) mass is 395 g/mol. The number of morpholine rings is 1. The van der Waals surface area contributed by atoms with Crippen LogP contribution in [0.4, 0.5) is 0 Å². The Balaban J connectivity index is 1.62. The summed E-state index contributed by atoms with van der Waals surface area (Å²) in [5.74, 6) is 1.18. The highest BCUT2D eigenvalue weighted by atomic mass is 32.2. The van der Waals surface area contributed by atoms with E-state index in [2.05, 4.69) is 5.32 Å². The van der Waals surface area contributed by atoms with Gasteiger partial charge in [-0.1, -0.05) is 0 Å². The van der Waals surface area contributed by atoms with Crippen LogP contribution in [0.5, 0.6) is 5.75 Å². The third-order valence-electron chi connectivity index (χ3n) is 5.69. The van der Waals surface area contributed by atoms with Gasteiger partial charge in [0.15, 0.2) is 0 Å². The van der Waals surface area contributed by atoms with E-state index in [4.69, 9.17) is 9.47 Å². The Bertz CT molecular complexity index is 810. The molecule has 1 aromatic rings. The van der Waals surface area contributed by atoms with Crippen molar-refractivity contribution in [2.45, 2.75) is 4.90 Å². The lowest BCUT2D eigenvalue weighted by Crippen LogP contribution is -2.40. The van der Waals surface area contributed by atoms with Crippen molar-refractivity contribution in [3.05, 3.63) is 23.8 Å². The van der Waals surface area contributed by atoms with E-state index in [0.29, 0.717) is 62.5 Å². The number of amides is 1. The van der Waals surface area contributed by atoms with Crippen molar-refractivity contribution in [1.82, 2.24) is 14.5 Å². The van der Waals surface area contributed by atoms with Gasteiger partial charge < -0.3 is 19.7 Å². The van der Waals surface area contributed by atoms with E-state index < -0.39 is 10.0 Å². The molecular weight excluding hydrogens is 370 g/mol. The van der Waals surface area contributed by atoms with E-state index in [1.807, 2.05) is 4.90 Å². The number of likely N-dealkylation sites (tertiary alicyclic amines) is 1. The van der Waals surface area contributed by atoms with Crippen LogP contribution in [0.3, 0.4) is 0 Å².